The van der Waals surface area contributed by atoms with Gasteiger partial charge in [0, 0.05) is 5.69 Å². The van der Waals surface area contributed by atoms with E-state index in [0.29, 0.717) is 28.1 Å². The third kappa shape index (κ3) is 3.69. The van der Waals surface area contributed by atoms with Gasteiger partial charge in [-0.15, -0.1) is 0 Å². The van der Waals surface area contributed by atoms with Crippen molar-refractivity contribution in [3.63, 3.8) is 0 Å². The predicted octanol–water partition coefficient (Wildman–Crippen LogP) is 3.41. The highest BCUT2D eigenvalue weighted by molar-refractivity contribution is 6.08. The van der Waals surface area contributed by atoms with Crippen molar-refractivity contribution in [2.45, 2.75) is 20.8 Å². The van der Waals surface area contributed by atoms with Crippen LogP contribution in [0.2, 0.25) is 0 Å². The number of aryl methyl sites for hydroxylation is 1. The quantitative estimate of drug-likeness (QED) is 0.503. The van der Waals surface area contributed by atoms with Crippen molar-refractivity contribution < 1.29 is 19.4 Å². The highest BCUT2D eigenvalue weighted by Crippen LogP contribution is 2.20. The lowest BCUT2D eigenvalue weighted by Crippen LogP contribution is -2.07. The Hall–Kier alpha value is -2.82. The van der Waals surface area contributed by atoms with E-state index in [1.165, 1.54) is 6.08 Å². The predicted molar refractivity (Wildman–Crippen MR) is 87.7 cm³/mol. The fraction of sp³-hybridized carbons (Fsp3) is 0.222. The average molecular weight is 313 g/mol. The molecule has 0 aliphatic heterocycles. The Morgan fingerprint density at radius 3 is 2.70 bits per heavy atom. The molecule has 0 saturated heterocycles. The number of esters is 1. The van der Waals surface area contributed by atoms with Gasteiger partial charge in [0.05, 0.1) is 17.9 Å². The molecule has 0 aliphatic carbocycles. The molecule has 2 aromatic rings. The van der Waals surface area contributed by atoms with Crippen LogP contribution in [-0.2, 0) is 4.74 Å². The van der Waals surface area contributed by atoms with Crippen LogP contribution in [0.4, 0.5) is 0 Å². The van der Waals surface area contributed by atoms with Crippen LogP contribution in [-0.4, -0.2) is 28.4 Å². The topological polar surface area (TPSA) is 79.4 Å². The van der Waals surface area contributed by atoms with E-state index in [1.807, 2.05) is 0 Å². The Morgan fingerprint density at radius 2 is 2.04 bits per heavy atom. The van der Waals surface area contributed by atoms with Gasteiger partial charge in [0.15, 0.2) is 0 Å². The van der Waals surface area contributed by atoms with Gasteiger partial charge in [0.2, 0.25) is 5.78 Å². The molecule has 5 nitrogen and oxygen atoms in total. The first kappa shape index (κ1) is 16.5. The molecule has 0 spiro atoms. The number of hydrogen-bond acceptors (Lipinski definition) is 4. The number of hydrogen-bond donors (Lipinski definition) is 2. The summed E-state index contributed by atoms with van der Waals surface area (Å²) in [7, 11) is 0. The summed E-state index contributed by atoms with van der Waals surface area (Å²) in [5.41, 5.74) is 2.66. The van der Waals surface area contributed by atoms with Crippen LogP contribution < -0.4 is 0 Å². The van der Waals surface area contributed by atoms with Gasteiger partial charge in [-0.1, -0.05) is 18.2 Å². The normalized spacial score (nSPS) is 10.9. The number of phenolic OH excluding ortho intramolecular Hbond substituents is 1. The number of carbonyl (C=O) groups is 2. The van der Waals surface area contributed by atoms with Crippen LogP contribution in [0, 0.1) is 13.8 Å². The van der Waals surface area contributed by atoms with Crippen molar-refractivity contribution >= 4 is 17.8 Å². The van der Waals surface area contributed by atoms with E-state index >= 15 is 0 Å². The fourth-order valence-corrected chi connectivity index (χ4v) is 2.39. The number of nitrogens with one attached hydrogen (secondary N) is 1. The summed E-state index contributed by atoms with van der Waals surface area (Å²) in [4.78, 5) is 27.2. The second-order valence-electron chi connectivity index (χ2n) is 5.14. The molecule has 2 rings (SSSR count). The van der Waals surface area contributed by atoms with Crippen LogP contribution in [0.15, 0.2) is 30.3 Å². The lowest BCUT2D eigenvalue weighted by atomic mass is 10.1. The van der Waals surface area contributed by atoms with Gasteiger partial charge in [0.1, 0.15) is 5.75 Å². The zero-order chi connectivity index (χ0) is 17.0. The Morgan fingerprint density at radius 1 is 1.30 bits per heavy atom. The number of rotatable bonds is 5. The Kier molecular flexibility index (Phi) is 5.01. The molecule has 1 heterocycles. The molecule has 0 atom stereocenters. The van der Waals surface area contributed by atoms with Crippen molar-refractivity contribution in [3.8, 4) is 5.75 Å². The number of aromatic hydroxyl groups is 1. The van der Waals surface area contributed by atoms with E-state index in [2.05, 4.69) is 4.98 Å². The summed E-state index contributed by atoms with van der Waals surface area (Å²) in [6.07, 6.45) is 3.02. The maximum absolute atomic E-state index is 12.3. The molecule has 5 heteroatoms. The van der Waals surface area contributed by atoms with E-state index in [-0.39, 0.29) is 18.1 Å². The molecule has 1 aromatic heterocycles. The SMILES string of the molecule is CCOC(=O)c1c(C)[nH]c(C(=O)C=Cc2cccc(O)c2)c1C. The van der Waals surface area contributed by atoms with Gasteiger partial charge in [-0.25, -0.2) is 4.79 Å². The highest BCUT2D eigenvalue weighted by atomic mass is 16.5. The van der Waals surface area contributed by atoms with Crippen molar-refractivity contribution in [2.24, 2.45) is 0 Å². The Labute approximate surface area is 134 Å². The lowest BCUT2D eigenvalue weighted by molar-refractivity contribution is 0.0525. The average Bonchev–Trinajstić information content (AvgIpc) is 2.80. The number of ketones is 1. The molecule has 1 aromatic carbocycles. The third-order valence-electron chi connectivity index (χ3n) is 3.46. The Bertz CT molecular complexity index is 771. The molecular formula is C18H19NO4. The summed E-state index contributed by atoms with van der Waals surface area (Å²) in [5.74, 6) is -0.546. The van der Waals surface area contributed by atoms with Gasteiger partial charge < -0.3 is 14.8 Å². The van der Waals surface area contributed by atoms with E-state index in [1.54, 1.807) is 51.1 Å². The van der Waals surface area contributed by atoms with Crippen LogP contribution in [0.3, 0.4) is 0 Å². The molecule has 0 radical (unpaired) electrons. The van der Waals surface area contributed by atoms with Crippen molar-refractivity contribution in [1.29, 1.82) is 0 Å². The van der Waals surface area contributed by atoms with Crippen LogP contribution >= 0.6 is 0 Å². The van der Waals surface area contributed by atoms with E-state index < -0.39 is 5.97 Å². The second-order valence-corrected chi connectivity index (χ2v) is 5.14. The van der Waals surface area contributed by atoms with Crippen LogP contribution in [0.25, 0.3) is 6.08 Å². The number of phenols is 1. The van der Waals surface area contributed by atoms with Gasteiger partial charge in [-0.2, -0.15) is 0 Å². The maximum Gasteiger partial charge on any atom is 0.340 e. The summed E-state index contributed by atoms with van der Waals surface area (Å²) in [6.45, 7) is 5.46. The number of allylic oxidation sites excluding steroid dienone is 1. The monoisotopic (exact) mass is 313 g/mol. The van der Waals surface area contributed by atoms with Crippen molar-refractivity contribution in [2.75, 3.05) is 6.61 Å². The minimum absolute atomic E-state index is 0.135. The summed E-state index contributed by atoms with van der Waals surface area (Å²) >= 11 is 0. The smallest absolute Gasteiger partial charge is 0.340 e. The second kappa shape index (κ2) is 6.96. The first-order valence-electron chi connectivity index (χ1n) is 7.31. The molecule has 2 N–H and O–H groups in total. The summed E-state index contributed by atoms with van der Waals surface area (Å²) < 4.78 is 5.01. The number of aromatic nitrogens is 1. The molecule has 0 bridgehead atoms. The number of carbonyl (C=O) groups excluding carboxylic acids is 2. The number of H-pyrrole nitrogens is 1. The molecule has 0 aliphatic rings. The molecule has 0 amide bonds. The number of aromatic amines is 1. The Balaban J connectivity index is 2.27. The van der Waals surface area contributed by atoms with Crippen LogP contribution in [0.1, 0.15) is 44.6 Å². The molecule has 0 saturated carbocycles. The van der Waals surface area contributed by atoms with Gasteiger partial charge in [-0.3, -0.25) is 4.79 Å². The zero-order valence-electron chi connectivity index (χ0n) is 13.3. The molecule has 0 unspecified atom stereocenters. The number of ether oxygens (including phenoxy) is 1. The highest BCUT2D eigenvalue weighted by Gasteiger charge is 2.21. The maximum atomic E-state index is 12.3. The van der Waals surface area contributed by atoms with Gasteiger partial charge in [-0.05, 0) is 50.1 Å². The fourth-order valence-electron chi connectivity index (χ4n) is 2.39. The largest absolute Gasteiger partial charge is 0.508 e. The third-order valence-corrected chi connectivity index (χ3v) is 3.46. The van der Waals surface area contributed by atoms with Gasteiger partial charge in [0.25, 0.3) is 0 Å². The minimum atomic E-state index is -0.435. The molecule has 0 fully saturated rings. The molecule has 120 valence electrons. The van der Waals surface area contributed by atoms with Crippen molar-refractivity contribution in [1.82, 2.24) is 4.98 Å². The van der Waals surface area contributed by atoms with Gasteiger partial charge >= 0.3 is 5.97 Å². The zero-order valence-corrected chi connectivity index (χ0v) is 13.3. The standard InChI is InChI=1S/C18H19NO4/c1-4-23-18(22)16-11(2)17(19-12(16)3)15(21)9-8-13-6-5-7-14(20)10-13/h5-10,19-20H,4H2,1-3H3. The first-order chi connectivity index (χ1) is 10.9. The van der Waals surface area contributed by atoms with E-state index in [0.717, 1.165) is 0 Å². The van der Waals surface area contributed by atoms with Crippen LogP contribution in [0.5, 0.6) is 5.75 Å². The summed E-state index contributed by atoms with van der Waals surface area (Å²) in [5, 5.41) is 9.41. The lowest BCUT2D eigenvalue weighted by Gasteiger charge is -2.02. The van der Waals surface area contributed by atoms with E-state index in [9.17, 15) is 14.7 Å². The first-order valence-corrected chi connectivity index (χ1v) is 7.31. The molecule has 23 heavy (non-hydrogen) atoms. The summed E-state index contributed by atoms with van der Waals surface area (Å²) in [6, 6.07) is 6.59. The van der Waals surface area contributed by atoms with E-state index in [4.69, 9.17) is 4.74 Å². The minimum Gasteiger partial charge on any atom is -0.508 e. The van der Waals surface area contributed by atoms with Crippen molar-refractivity contribution in [3.05, 3.63) is 58.4 Å². The molecular weight excluding hydrogens is 294 g/mol. The number of benzene rings is 1.